The summed E-state index contributed by atoms with van der Waals surface area (Å²) in [5, 5.41) is 18.7. The molecule has 1 saturated heterocycles. The van der Waals surface area contributed by atoms with Crippen molar-refractivity contribution in [1.82, 2.24) is 4.90 Å². The van der Waals surface area contributed by atoms with Crippen molar-refractivity contribution in [3.05, 3.63) is 48.6 Å². The second-order valence-electron chi connectivity index (χ2n) is 4.92. The van der Waals surface area contributed by atoms with E-state index in [0.717, 1.165) is 5.56 Å². The van der Waals surface area contributed by atoms with Gasteiger partial charge in [0.05, 0.1) is 0 Å². The van der Waals surface area contributed by atoms with E-state index in [0.29, 0.717) is 13.0 Å². The maximum absolute atomic E-state index is 11.4. The Morgan fingerprint density at radius 3 is 2.63 bits per heavy atom. The minimum absolute atomic E-state index is 0.00818. The van der Waals surface area contributed by atoms with Crippen LogP contribution in [-0.4, -0.2) is 39.8 Å². The largest absolute Gasteiger partial charge is 0.480 e. The Labute approximate surface area is 113 Å². The molecule has 2 rings (SSSR count). The van der Waals surface area contributed by atoms with Gasteiger partial charge in [0.15, 0.2) is 0 Å². The molecule has 3 atom stereocenters. The number of carboxylic acids is 1. The third kappa shape index (κ3) is 2.85. The summed E-state index contributed by atoms with van der Waals surface area (Å²) in [5.74, 6) is -0.888. The van der Waals surface area contributed by atoms with Crippen LogP contribution in [0.1, 0.15) is 12.0 Å². The van der Waals surface area contributed by atoms with Crippen molar-refractivity contribution in [1.29, 1.82) is 0 Å². The van der Waals surface area contributed by atoms with Crippen molar-refractivity contribution in [3.63, 3.8) is 0 Å². The Hall–Kier alpha value is -1.65. The van der Waals surface area contributed by atoms with Gasteiger partial charge in [-0.25, -0.2) is 0 Å². The standard InChI is InChI=1S/C15H19NO3/c1-2-13-12(10-17)8-14(15(18)19)16(13)9-11-6-4-3-5-7-11/h2-7,12-14,17H,1,8-10H2,(H,18,19)/t12-,13-,14+/m0/s1. The number of hydrogen-bond donors (Lipinski definition) is 2. The lowest BCUT2D eigenvalue weighted by Crippen LogP contribution is -2.40. The van der Waals surface area contributed by atoms with Gasteiger partial charge < -0.3 is 10.2 Å². The van der Waals surface area contributed by atoms with Crippen molar-refractivity contribution in [3.8, 4) is 0 Å². The molecule has 0 aliphatic carbocycles. The molecule has 0 spiro atoms. The molecular formula is C15H19NO3. The topological polar surface area (TPSA) is 60.8 Å². The summed E-state index contributed by atoms with van der Waals surface area (Å²) in [6, 6.07) is 9.12. The van der Waals surface area contributed by atoms with Crippen LogP contribution in [0.15, 0.2) is 43.0 Å². The van der Waals surface area contributed by atoms with E-state index < -0.39 is 12.0 Å². The molecule has 1 aromatic carbocycles. The first-order chi connectivity index (χ1) is 9.17. The fraction of sp³-hybridized carbons (Fsp3) is 0.400. The van der Waals surface area contributed by atoms with E-state index in [4.69, 9.17) is 0 Å². The molecule has 1 aromatic rings. The minimum atomic E-state index is -0.835. The van der Waals surface area contributed by atoms with E-state index in [9.17, 15) is 15.0 Å². The Morgan fingerprint density at radius 1 is 1.42 bits per heavy atom. The van der Waals surface area contributed by atoms with E-state index in [1.54, 1.807) is 6.08 Å². The molecule has 1 aliphatic heterocycles. The third-order valence-electron chi connectivity index (χ3n) is 3.76. The van der Waals surface area contributed by atoms with Gasteiger partial charge in [-0.15, -0.1) is 6.58 Å². The Kier molecular flexibility index (Phi) is 4.35. The number of hydrogen-bond acceptors (Lipinski definition) is 3. The van der Waals surface area contributed by atoms with Gasteiger partial charge >= 0.3 is 5.97 Å². The van der Waals surface area contributed by atoms with E-state index in [1.807, 2.05) is 35.2 Å². The summed E-state index contributed by atoms with van der Waals surface area (Å²) in [5.41, 5.74) is 1.07. The first-order valence-corrected chi connectivity index (χ1v) is 6.43. The Bertz CT molecular complexity index is 444. The summed E-state index contributed by atoms with van der Waals surface area (Å²) >= 11 is 0. The lowest BCUT2D eigenvalue weighted by molar-refractivity contribution is -0.142. The number of rotatable bonds is 5. The maximum atomic E-state index is 11.4. The van der Waals surface area contributed by atoms with E-state index >= 15 is 0 Å². The first-order valence-electron chi connectivity index (χ1n) is 6.43. The molecule has 1 aliphatic rings. The van der Waals surface area contributed by atoms with Gasteiger partial charge in [-0.05, 0) is 12.0 Å². The molecule has 0 bridgehead atoms. The predicted molar refractivity (Wildman–Crippen MR) is 72.6 cm³/mol. The predicted octanol–water partition coefficient (Wildman–Crippen LogP) is 1.51. The number of aliphatic carboxylic acids is 1. The number of nitrogens with zero attached hydrogens (tertiary/aromatic N) is 1. The van der Waals surface area contributed by atoms with Gasteiger partial charge in [0.1, 0.15) is 6.04 Å². The van der Waals surface area contributed by atoms with Crippen LogP contribution in [0.25, 0.3) is 0 Å². The van der Waals surface area contributed by atoms with Crippen molar-refractivity contribution < 1.29 is 15.0 Å². The summed E-state index contributed by atoms with van der Waals surface area (Å²) in [4.78, 5) is 13.3. The quantitative estimate of drug-likeness (QED) is 0.789. The van der Waals surface area contributed by atoms with Gasteiger partial charge in [-0.2, -0.15) is 0 Å². The van der Waals surface area contributed by atoms with E-state index in [2.05, 4.69) is 6.58 Å². The fourth-order valence-corrected chi connectivity index (χ4v) is 2.80. The first kappa shape index (κ1) is 13.8. The molecular weight excluding hydrogens is 242 g/mol. The van der Waals surface area contributed by atoms with Crippen molar-refractivity contribution >= 4 is 5.97 Å². The van der Waals surface area contributed by atoms with Crippen LogP contribution < -0.4 is 0 Å². The van der Waals surface area contributed by atoms with E-state index in [1.165, 1.54) is 0 Å². The molecule has 19 heavy (non-hydrogen) atoms. The highest BCUT2D eigenvalue weighted by Gasteiger charge is 2.42. The highest BCUT2D eigenvalue weighted by atomic mass is 16.4. The molecule has 0 amide bonds. The average Bonchev–Trinajstić information content (AvgIpc) is 2.77. The molecule has 0 aromatic heterocycles. The van der Waals surface area contributed by atoms with Crippen LogP contribution in [0.4, 0.5) is 0 Å². The molecule has 0 radical (unpaired) electrons. The van der Waals surface area contributed by atoms with Crippen LogP contribution >= 0.6 is 0 Å². The number of carboxylic acid groups (broad SMARTS) is 1. The molecule has 1 heterocycles. The Morgan fingerprint density at radius 2 is 2.11 bits per heavy atom. The van der Waals surface area contributed by atoms with Crippen LogP contribution in [0, 0.1) is 5.92 Å². The fourth-order valence-electron chi connectivity index (χ4n) is 2.80. The monoisotopic (exact) mass is 261 g/mol. The number of carbonyl (C=O) groups is 1. The maximum Gasteiger partial charge on any atom is 0.320 e. The summed E-state index contributed by atoms with van der Waals surface area (Å²) in [6.07, 6.45) is 2.21. The zero-order valence-corrected chi connectivity index (χ0v) is 10.8. The van der Waals surface area contributed by atoms with Crippen LogP contribution in [0.2, 0.25) is 0 Å². The molecule has 4 heteroatoms. The van der Waals surface area contributed by atoms with Gasteiger partial charge in [0.2, 0.25) is 0 Å². The number of likely N-dealkylation sites (tertiary alicyclic amines) is 1. The molecule has 0 unspecified atom stereocenters. The minimum Gasteiger partial charge on any atom is -0.480 e. The lowest BCUT2D eigenvalue weighted by Gasteiger charge is -2.27. The van der Waals surface area contributed by atoms with E-state index in [-0.39, 0.29) is 18.6 Å². The second-order valence-corrected chi connectivity index (χ2v) is 4.92. The summed E-state index contributed by atoms with van der Waals surface area (Å²) in [7, 11) is 0. The third-order valence-corrected chi connectivity index (χ3v) is 3.76. The van der Waals surface area contributed by atoms with Crippen LogP contribution in [0.3, 0.4) is 0 Å². The SMILES string of the molecule is C=C[C@H]1[C@H](CO)C[C@H](C(=O)O)N1Cc1ccccc1. The van der Waals surface area contributed by atoms with Gasteiger partial charge in [0.25, 0.3) is 0 Å². The molecule has 102 valence electrons. The Balaban J connectivity index is 2.22. The van der Waals surface area contributed by atoms with Gasteiger partial charge in [0, 0.05) is 25.1 Å². The highest BCUT2D eigenvalue weighted by molar-refractivity contribution is 5.74. The number of benzene rings is 1. The molecule has 4 nitrogen and oxygen atoms in total. The average molecular weight is 261 g/mol. The zero-order valence-electron chi connectivity index (χ0n) is 10.8. The van der Waals surface area contributed by atoms with Crippen molar-refractivity contribution in [2.45, 2.75) is 25.0 Å². The number of aliphatic hydroxyl groups excluding tert-OH is 1. The number of aliphatic hydroxyl groups is 1. The normalized spacial score (nSPS) is 27.3. The smallest absolute Gasteiger partial charge is 0.320 e. The second kappa shape index (κ2) is 5.99. The van der Waals surface area contributed by atoms with Crippen molar-refractivity contribution in [2.75, 3.05) is 6.61 Å². The van der Waals surface area contributed by atoms with Gasteiger partial charge in [-0.1, -0.05) is 36.4 Å². The van der Waals surface area contributed by atoms with Crippen LogP contribution in [-0.2, 0) is 11.3 Å². The van der Waals surface area contributed by atoms with Crippen molar-refractivity contribution in [2.24, 2.45) is 5.92 Å². The lowest BCUT2D eigenvalue weighted by atomic mass is 10.0. The zero-order chi connectivity index (χ0) is 13.8. The molecule has 0 saturated carbocycles. The van der Waals surface area contributed by atoms with Gasteiger partial charge in [-0.3, -0.25) is 9.69 Å². The molecule has 2 N–H and O–H groups in total. The molecule has 1 fully saturated rings. The summed E-state index contributed by atoms with van der Waals surface area (Å²) in [6.45, 7) is 4.33. The van der Waals surface area contributed by atoms with Crippen LogP contribution in [0.5, 0.6) is 0 Å². The highest BCUT2D eigenvalue weighted by Crippen LogP contribution is 2.32. The summed E-state index contributed by atoms with van der Waals surface area (Å²) < 4.78 is 0.